The van der Waals surface area contributed by atoms with Gasteiger partial charge in [-0.1, -0.05) is 50.6 Å². The van der Waals surface area contributed by atoms with Crippen LogP contribution in [0.4, 0.5) is 0 Å². The van der Waals surface area contributed by atoms with Gasteiger partial charge in [-0.2, -0.15) is 0 Å². The number of rotatable bonds is 9. The molecule has 10 nitrogen and oxygen atoms in total. The molecular formula is C42H34O10. The summed E-state index contributed by atoms with van der Waals surface area (Å²) in [6.07, 6.45) is 0. The summed E-state index contributed by atoms with van der Waals surface area (Å²) in [5, 5.41) is 0. The number of hydrogen-bond donors (Lipinski definition) is 0. The maximum absolute atomic E-state index is 12.4. The molecule has 0 bridgehead atoms. The van der Waals surface area contributed by atoms with E-state index in [0.29, 0.717) is 23.0 Å². The molecule has 0 saturated carbocycles. The van der Waals surface area contributed by atoms with E-state index in [9.17, 15) is 19.2 Å². The summed E-state index contributed by atoms with van der Waals surface area (Å²) in [7, 11) is 0. The summed E-state index contributed by atoms with van der Waals surface area (Å²) in [5.74, 6) is -0.820. The predicted octanol–water partition coefficient (Wildman–Crippen LogP) is 8.79. The van der Waals surface area contributed by atoms with E-state index in [1.807, 2.05) is 24.3 Å². The summed E-state index contributed by atoms with van der Waals surface area (Å²) < 4.78 is 35.0. The zero-order chi connectivity index (χ0) is 37.4. The van der Waals surface area contributed by atoms with Crippen LogP contribution in [0.15, 0.2) is 121 Å². The smallest absolute Gasteiger partial charge is 0.338 e. The molecule has 0 radical (unpaired) electrons. The molecule has 2 aliphatic rings. The van der Waals surface area contributed by atoms with Crippen LogP contribution in [0.5, 0.6) is 46.0 Å². The lowest BCUT2D eigenvalue weighted by Crippen LogP contribution is -2.22. The SMILES string of the molecule is C=C(C)C(=O)Oc1ccc2c(c1)Oc1cc(OC(=O)C(=C)C)ccc1C2C1c2ccc(OC(=O)C(=C)C)cc2Oc2cc(OC(=O)C(=C)C)ccc21. The molecule has 0 fully saturated rings. The van der Waals surface area contributed by atoms with Gasteiger partial charge >= 0.3 is 23.9 Å². The molecule has 0 N–H and O–H groups in total. The van der Waals surface area contributed by atoms with Crippen molar-refractivity contribution in [3.8, 4) is 46.0 Å². The molecule has 0 spiro atoms. The van der Waals surface area contributed by atoms with Crippen LogP contribution >= 0.6 is 0 Å². The third-order valence-corrected chi connectivity index (χ3v) is 8.29. The quantitative estimate of drug-likeness (QED) is 0.0952. The van der Waals surface area contributed by atoms with Crippen LogP contribution in [-0.4, -0.2) is 23.9 Å². The van der Waals surface area contributed by atoms with Crippen LogP contribution < -0.4 is 28.4 Å². The minimum atomic E-state index is -0.597. The first-order chi connectivity index (χ1) is 24.7. The van der Waals surface area contributed by atoms with Crippen molar-refractivity contribution in [3.63, 3.8) is 0 Å². The molecule has 0 saturated heterocycles. The zero-order valence-electron chi connectivity index (χ0n) is 29.0. The molecule has 0 aliphatic carbocycles. The van der Waals surface area contributed by atoms with Gasteiger partial charge in [0.2, 0.25) is 0 Å². The maximum atomic E-state index is 12.4. The van der Waals surface area contributed by atoms with Crippen molar-refractivity contribution < 1.29 is 47.6 Å². The first-order valence-electron chi connectivity index (χ1n) is 16.1. The van der Waals surface area contributed by atoms with Crippen molar-refractivity contribution in [2.24, 2.45) is 0 Å². The highest BCUT2D eigenvalue weighted by Crippen LogP contribution is 2.58. The number of carbonyl (C=O) groups excluding carboxylic acids is 4. The third kappa shape index (κ3) is 6.99. The number of hydrogen-bond acceptors (Lipinski definition) is 10. The van der Waals surface area contributed by atoms with Crippen molar-refractivity contribution in [2.75, 3.05) is 0 Å². The Morgan fingerprint density at radius 2 is 0.635 bits per heavy atom. The lowest BCUT2D eigenvalue weighted by atomic mass is 9.71. The van der Waals surface area contributed by atoms with Gasteiger partial charge in [0.25, 0.3) is 0 Å². The largest absolute Gasteiger partial charge is 0.456 e. The Labute approximate surface area is 300 Å². The molecule has 262 valence electrons. The minimum Gasteiger partial charge on any atom is -0.456 e. The van der Waals surface area contributed by atoms with E-state index in [-0.39, 0.29) is 45.3 Å². The molecule has 4 aromatic rings. The fourth-order valence-corrected chi connectivity index (χ4v) is 5.76. The minimum absolute atomic E-state index is 0.225. The normalized spacial score (nSPS) is 12.6. The summed E-state index contributed by atoms with van der Waals surface area (Å²) in [6.45, 7) is 20.8. The van der Waals surface area contributed by atoms with E-state index in [4.69, 9.17) is 28.4 Å². The van der Waals surface area contributed by atoms with Gasteiger partial charge in [0, 0.05) is 80.6 Å². The van der Waals surface area contributed by atoms with E-state index in [1.54, 1.807) is 76.2 Å². The van der Waals surface area contributed by atoms with Crippen molar-refractivity contribution in [2.45, 2.75) is 39.5 Å². The Bertz CT molecular complexity index is 1940. The van der Waals surface area contributed by atoms with Crippen LogP contribution in [0.1, 0.15) is 61.8 Å². The Hall–Kier alpha value is -6.68. The Balaban J connectivity index is 1.54. The molecule has 0 atom stereocenters. The van der Waals surface area contributed by atoms with Crippen LogP contribution in [0, 0.1) is 0 Å². The Morgan fingerprint density at radius 3 is 0.827 bits per heavy atom. The van der Waals surface area contributed by atoms with Crippen LogP contribution in [-0.2, 0) is 19.2 Å². The summed E-state index contributed by atoms with van der Waals surface area (Å²) in [6, 6.07) is 20.4. The summed E-state index contributed by atoms with van der Waals surface area (Å²) >= 11 is 0. The molecule has 0 aromatic heterocycles. The number of benzene rings is 4. The predicted molar refractivity (Wildman–Crippen MR) is 191 cm³/mol. The number of esters is 4. The number of carbonyl (C=O) groups is 4. The van der Waals surface area contributed by atoms with E-state index < -0.39 is 35.7 Å². The van der Waals surface area contributed by atoms with Crippen molar-refractivity contribution in [3.05, 3.63) is 144 Å². The second kappa shape index (κ2) is 13.9. The van der Waals surface area contributed by atoms with Crippen molar-refractivity contribution in [1.29, 1.82) is 0 Å². The van der Waals surface area contributed by atoms with E-state index in [0.717, 1.165) is 22.3 Å². The van der Waals surface area contributed by atoms with Crippen LogP contribution in [0.2, 0.25) is 0 Å². The molecule has 6 rings (SSSR count). The molecule has 0 unspecified atom stereocenters. The van der Waals surface area contributed by atoms with Gasteiger partial charge in [-0.15, -0.1) is 0 Å². The van der Waals surface area contributed by atoms with Crippen molar-refractivity contribution in [1.82, 2.24) is 0 Å². The molecule has 52 heavy (non-hydrogen) atoms. The third-order valence-electron chi connectivity index (χ3n) is 8.29. The Kier molecular flexibility index (Phi) is 9.41. The number of fused-ring (bicyclic) bond motifs is 4. The summed E-state index contributed by atoms with van der Waals surface area (Å²) in [5.41, 5.74) is 3.88. The monoisotopic (exact) mass is 698 g/mol. The van der Waals surface area contributed by atoms with Gasteiger partial charge < -0.3 is 28.4 Å². The first-order valence-corrected chi connectivity index (χ1v) is 16.1. The zero-order valence-corrected chi connectivity index (χ0v) is 29.0. The summed E-state index contributed by atoms with van der Waals surface area (Å²) in [4.78, 5) is 49.7. The van der Waals surface area contributed by atoms with Gasteiger partial charge in [-0.3, -0.25) is 0 Å². The van der Waals surface area contributed by atoms with E-state index in [1.165, 1.54) is 0 Å². The van der Waals surface area contributed by atoms with Gasteiger partial charge in [0.15, 0.2) is 0 Å². The topological polar surface area (TPSA) is 124 Å². The molecule has 0 amide bonds. The van der Waals surface area contributed by atoms with Crippen LogP contribution in [0.3, 0.4) is 0 Å². The molecule has 10 heteroatoms. The van der Waals surface area contributed by atoms with Gasteiger partial charge in [0.05, 0.1) is 0 Å². The van der Waals surface area contributed by atoms with E-state index >= 15 is 0 Å². The first kappa shape index (κ1) is 35.2. The molecular weight excluding hydrogens is 664 g/mol. The van der Waals surface area contributed by atoms with Crippen molar-refractivity contribution >= 4 is 23.9 Å². The highest BCUT2D eigenvalue weighted by Gasteiger charge is 2.41. The Morgan fingerprint density at radius 1 is 0.423 bits per heavy atom. The van der Waals surface area contributed by atoms with Gasteiger partial charge in [-0.05, 0) is 52.0 Å². The average molecular weight is 699 g/mol. The van der Waals surface area contributed by atoms with E-state index in [2.05, 4.69) is 26.3 Å². The molecule has 2 heterocycles. The lowest BCUT2D eigenvalue weighted by molar-refractivity contribution is -0.131. The fraction of sp³-hybridized carbons (Fsp3) is 0.143. The second-order valence-electron chi connectivity index (χ2n) is 12.6. The highest BCUT2D eigenvalue weighted by molar-refractivity contribution is 5.90. The van der Waals surface area contributed by atoms with Crippen LogP contribution in [0.25, 0.3) is 0 Å². The number of ether oxygens (including phenoxy) is 6. The maximum Gasteiger partial charge on any atom is 0.338 e. The molecule has 4 aromatic carbocycles. The molecule has 2 aliphatic heterocycles. The standard InChI is InChI=1S/C42H34O10/c1-21(2)39(43)47-25-9-13-29-33(17-25)51-34-18-26(48-40(44)22(3)4)10-14-30(34)37(29)38-31-15-11-27(49-41(45)23(5)6)19-35(31)52-36-20-28(12-16-32(36)38)50-42(46)24(7)8/h9-20,37-38H,1,3,5,7H2,2,4,6,8H3. The van der Waals surface area contributed by atoms with Gasteiger partial charge in [-0.25, -0.2) is 19.2 Å². The van der Waals surface area contributed by atoms with Gasteiger partial charge in [0.1, 0.15) is 46.0 Å². The lowest BCUT2D eigenvalue weighted by Gasteiger charge is -2.38. The highest BCUT2D eigenvalue weighted by atomic mass is 16.6. The average Bonchev–Trinajstić information content (AvgIpc) is 3.09. The second-order valence-corrected chi connectivity index (χ2v) is 12.6. The fourth-order valence-electron chi connectivity index (χ4n) is 5.76.